The first-order valence-electron chi connectivity index (χ1n) is 8.55. The van der Waals surface area contributed by atoms with Crippen molar-refractivity contribution in [3.05, 3.63) is 0 Å². The van der Waals surface area contributed by atoms with Gasteiger partial charge in [0.15, 0.2) is 0 Å². The fourth-order valence-corrected chi connectivity index (χ4v) is 4.23. The molecule has 4 heteroatoms. The van der Waals surface area contributed by atoms with Crippen LogP contribution in [0.15, 0.2) is 0 Å². The minimum atomic E-state index is 0.0903. The topological polar surface area (TPSA) is 53.2 Å². The molecule has 0 radical (unpaired) electrons. The number of hydrogen-bond donors (Lipinski definition) is 3. The van der Waals surface area contributed by atoms with Crippen molar-refractivity contribution in [1.29, 1.82) is 0 Å². The highest BCUT2D eigenvalue weighted by Gasteiger charge is 2.38. The van der Waals surface area contributed by atoms with E-state index in [2.05, 4.69) is 43.6 Å². The van der Waals surface area contributed by atoms with E-state index >= 15 is 0 Å². The number of piperidine rings is 2. The Morgan fingerprint density at radius 2 is 1.86 bits per heavy atom. The van der Waals surface area contributed by atoms with E-state index in [1.807, 2.05) is 0 Å². The Hall–Kier alpha value is -0.610. The molecule has 1 atom stereocenters. The highest BCUT2D eigenvalue weighted by molar-refractivity contribution is 5.76. The summed E-state index contributed by atoms with van der Waals surface area (Å²) in [6, 6.07) is 0.299. The van der Waals surface area contributed by atoms with Crippen LogP contribution in [0, 0.1) is 5.92 Å². The summed E-state index contributed by atoms with van der Waals surface area (Å²) >= 11 is 0. The first kappa shape index (κ1) is 16.8. The number of hydrogen-bond acceptors (Lipinski definition) is 3. The Balaban J connectivity index is 1.76. The molecule has 0 aromatic heterocycles. The van der Waals surface area contributed by atoms with Gasteiger partial charge in [0.1, 0.15) is 0 Å². The van der Waals surface area contributed by atoms with Gasteiger partial charge in [-0.25, -0.2) is 0 Å². The average Bonchev–Trinajstić information content (AvgIpc) is 2.33. The maximum absolute atomic E-state index is 12.2. The largest absolute Gasteiger partial charge is 0.353 e. The predicted octanol–water partition coefficient (Wildman–Crippen LogP) is 2.19. The molecule has 0 spiro atoms. The summed E-state index contributed by atoms with van der Waals surface area (Å²) in [5.41, 5.74) is 0.181. The zero-order chi connectivity index (χ0) is 15.5. The molecule has 0 saturated carbocycles. The summed E-state index contributed by atoms with van der Waals surface area (Å²) in [4.78, 5) is 12.2. The maximum atomic E-state index is 12.2. The minimum Gasteiger partial charge on any atom is -0.353 e. The Morgan fingerprint density at radius 1 is 1.19 bits per heavy atom. The molecule has 0 aliphatic carbocycles. The van der Waals surface area contributed by atoms with E-state index in [-0.39, 0.29) is 17.0 Å². The van der Waals surface area contributed by atoms with Gasteiger partial charge in [-0.05, 0) is 78.8 Å². The van der Waals surface area contributed by atoms with Crippen LogP contribution in [0.2, 0.25) is 0 Å². The number of carbonyl (C=O) groups is 1. The van der Waals surface area contributed by atoms with Crippen molar-refractivity contribution in [2.45, 2.75) is 83.3 Å². The summed E-state index contributed by atoms with van der Waals surface area (Å²) in [7, 11) is 0. The van der Waals surface area contributed by atoms with Crippen LogP contribution in [-0.4, -0.2) is 36.1 Å². The van der Waals surface area contributed by atoms with Gasteiger partial charge in [-0.1, -0.05) is 0 Å². The Labute approximate surface area is 129 Å². The van der Waals surface area contributed by atoms with Crippen LogP contribution in [0.25, 0.3) is 0 Å². The van der Waals surface area contributed by atoms with E-state index in [1.165, 1.54) is 12.8 Å². The molecule has 2 aliphatic rings. The maximum Gasteiger partial charge on any atom is 0.220 e. The molecule has 122 valence electrons. The Morgan fingerprint density at radius 3 is 2.43 bits per heavy atom. The molecule has 2 rings (SSSR count). The molecule has 2 aliphatic heterocycles. The second kappa shape index (κ2) is 6.66. The van der Waals surface area contributed by atoms with Gasteiger partial charge in [-0.3, -0.25) is 4.79 Å². The van der Waals surface area contributed by atoms with Gasteiger partial charge in [-0.15, -0.1) is 0 Å². The monoisotopic (exact) mass is 295 g/mol. The van der Waals surface area contributed by atoms with Gasteiger partial charge in [0, 0.05) is 23.5 Å². The molecule has 0 aromatic carbocycles. The number of carbonyl (C=O) groups excluding carboxylic acids is 1. The zero-order valence-electron chi connectivity index (χ0n) is 14.2. The van der Waals surface area contributed by atoms with Gasteiger partial charge < -0.3 is 16.0 Å². The highest BCUT2D eigenvalue weighted by atomic mass is 16.1. The Kier molecular flexibility index (Phi) is 5.31. The van der Waals surface area contributed by atoms with Crippen molar-refractivity contribution in [2.24, 2.45) is 5.92 Å². The van der Waals surface area contributed by atoms with E-state index in [0.717, 1.165) is 32.4 Å². The average molecular weight is 295 g/mol. The summed E-state index contributed by atoms with van der Waals surface area (Å²) in [6.45, 7) is 11.1. The second-order valence-corrected chi connectivity index (χ2v) is 8.32. The van der Waals surface area contributed by atoms with E-state index in [0.29, 0.717) is 18.4 Å². The van der Waals surface area contributed by atoms with Gasteiger partial charge in [0.05, 0.1) is 0 Å². The summed E-state index contributed by atoms with van der Waals surface area (Å²) in [5.74, 6) is 0.921. The third-order valence-electron chi connectivity index (χ3n) is 4.73. The van der Waals surface area contributed by atoms with Crippen LogP contribution in [0.5, 0.6) is 0 Å². The van der Waals surface area contributed by atoms with E-state index < -0.39 is 0 Å². The van der Waals surface area contributed by atoms with Gasteiger partial charge >= 0.3 is 0 Å². The standard InChI is InChI=1S/C17H33N3O/c1-16(2)10-14(11-17(3,4)20-16)19-15(21)8-7-13-6-5-9-18-12-13/h13-14,18,20H,5-12H2,1-4H3,(H,19,21). The third kappa shape index (κ3) is 5.59. The van der Waals surface area contributed by atoms with Crippen LogP contribution >= 0.6 is 0 Å². The summed E-state index contributed by atoms with van der Waals surface area (Å²) < 4.78 is 0. The molecule has 21 heavy (non-hydrogen) atoms. The molecular weight excluding hydrogens is 262 g/mol. The van der Waals surface area contributed by atoms with Crippen molar-refractivity contribution < 1.29 is 4.79 Å². The second-order valence-electron chi connectivity index (χ2n) is 8.32. The normalized spacial score (nSPS) is 29.0. The quantitative estimate of drug-likeness (QED) is 0.745. The molecule has 1 unspecified atom stereocenters. The molecular formula is C17H33N3O. The predicted molar refractivity (Wildman–Crippen MR) is 87.3 cm³/mol. The van der Waals surface area contributed by atoms with Crippen molar-refractivity contribution in [2.75, 3.05) is 13.1 Å². The van der Waals surface area contributed by atoms with Crippen molar-refractivity contribution in [3.8, 4) is 0 Å². The van der Waals surface area contributed by atoms with E-state index in [1.54, 1.807) is 0 Å². The lowest BCUT2D eigenvalue weighted by Gasteiger charge is -2.46. The fourth-order valence-electron chi connectivity index (χ4n) is 4.23. The Bertz CT molecular complexity index is 343. The van der Waals surface area contributed by atoms with Gasteiger partial charge in [0.25, 0.3) is 0 Å². The molecule has 0 aromatic rings. The first-order valence-corrected chi connectivity index (χ1v) is 8.55. The lowest BCUT2D eigenvalue weighted by molar-refractivity contribution is -0.122. The van der Waals surface area contributed by atoms with Crippen LogP contribution in [-0.2, 0) is 4.79 Å². The molecule has 2 fully saturated rings. The van der Waals surface area contributed by atoms with Crippen LogP contribution in [0.3, 0.4) is 0 Å². The first-order chi connectivity index (χ1) is 9.76. The van der Waals surface area contributed by atoms with Crippen LogP contribution in [0.1, 0.15) is 66.2 Å². The van der Waals surface area contributed by atoms with Crippen molar-refractivity contribution in [1.82, 2.24) is 16.0 Å². The number of rotatable bonds is 4. The number of amides is 1. The molecule has 2 saturated heterocycles. The van der Waals surface area contributed by atoms with E-state index in [9.17, 15) is 4.79 Å². The fraction of sp³-hybridized carbons (Fsp3) is 0.941. The number of nitrogens with one attached hydrogen (secondary N) is 3. The van der Waals surface area contributed by atoms with Crippen LogP contribution in [0.4, 0.5) is 0 Å². The lowest BCUT2D eigenvalue weighted by Crippen LogP contribution is -2.62. The molecule has 2 heterocycles. The van der Waals surface area contributed by atoms with E-state index in [4.69, 9.17) is 0 Å². The van der Waals surface area contributed by atoms with Gasteiger partial charge in [0.2, 0.25) is 5.91 Å². The third-order valence-corrected chi connectivity index (χ3v) is 4.73. The molecule has 3 N–H and O–H groups in total. The summed E-state index contributed by atoms with van der Waals surface area (Å²) in [5, 5.41) is 10.4. The van der Waals surface area contributed by atoms with Crippen molar-refractivity contribution >= 4 is 5.91 Å². The van der Waals surface area contributed by atoms with Gasteiger partial charge in [-0.2, -0.15) is 0 Å². The molecule has 1 amide bonds. The van der Waals surface area contributed by atoms with Crippen LogP contribution < -0.4 is 16.0 Å². The highest BCUT2D eigenvalue weighted by Crippen LogP contribution is 2.28. The SMILES string of the molecule is CC1(C)CC(NC(=O)CCC2CCCNC2)CC(C)(C)N1. The molecule has 4 nitrogen and oxygen atoms in total. The smallest absolute Gasteiger partial charge is 0.220 e. The lowest BCUT2D eigenvalue weighted by atomic mass is 9.79. The molecule has 0 bridgehead atoms. The zero-order valence-corrected chi connectivity index (χ0v) is 14.2. The summed E-state index contributed by atoms with van der Waals surface area (Å²) in [6.07, 6.45) is 6.24. The van der Waals surface area contributed by atoms with Crippen molar-refractivity contribution in [3.63, 3.8) is 0 Å². The minimum absolute atomic E-state index is 0.0903.